The molecule has 0 N–H and O–H groups in total. The SMILES string of the molecule is COc1cc(F)ccc1C1=NC2=CCN([C@@H](C)C3CC3)N2C(C)=C1. The first-order valence-corrected chi connectivity index (χ1v) is 8.46. The van der Waals surface area contributed by atoms with Crippen LogP contribution in [-0.4, -0.2) is 35.4 Å². The Bertz CT molecular complexity index is 764. The van der Waals surface area contributed by atoms with Crippen LogP contribution in [-0.2, 0) is 0 Å². The third-order valence-electron chi connectivity index (χ3n) is 5.06. The number of hydrazine groups is 1. The number of halogens is 1. The number of ether oxygens (including phenoxy) is 1. The van der Waals surface area contributed by atoms with Crippen molar-refractivity contribution in [3.63, 3.8) is 0 Å². The van der Waals surface area contributed by atoms with Crippen LogP contribution in [0.4, 0.5) is 4.39 Å². The van der Waals surface area contributed by atoms with Gasteiger partial charge in [0.2, 0.25) is 0 Å². The average Bonchev–Trinajstić information content (AvgIpc) is 3.33. The van der Waals surface area contributed by atoms with E-state index in [-0.39, 0.29) is 5.82 Å². The zero-order valence-electron chi connectivity index (χ0n) is 14.3. The maximum atomic E-state index is 13.5. The molecule has 0 radical (unpaired) electrons. The number of methoxy groups -OCH3 is 1. The largest absolute Gasteiger partial charge is 0.496 e. The third-order valence-corrected chi connectivity index (χ3v) is 5.06. The fourth-order valence-electron chi connectivity index (χ4n) is 3.55. The van der Waals surface area contributed by atoms with Crippen LogP contribution >= 0.6 is 0 Å². The molecule has 0 spiro atoms. The molecule has 0 aromatic heterocycles. The fraction of sp³-hybridized carbons (Fsp3) is 0.421. The van der Waals surface area contributed by atoms with E-state index in [1.165, 1.54) is 25.0 Å². The first-order chi connectivity index (χ1) is 11.6. The van der Waals surface area contributed by atoms with Crippen molar-refractivity contribution in [3.8, 4) is 5.75 Å². The molecule has 0 bridgehead atoms. The highest BCUT2D eigenvalue weighted by molar-refractivity contribution is 6.11. The summed E-state index contributed by atoms with van der Waals surface area (Å²) in [6.07, 6.45) is 6.85. The molecule has 1 saturated carbocycles. The van der Waals surface area contributed by atoms with Gasteiger partial charge in [-0.2, -0.15) is 0 Å². The molecule has 2 aliphatic heterocycles. The van der Waals surface area contributed by atoms with Crippen molar-refractivity contribution in [2.45, 2.75) is 32.7 Å². The molecule has 5 heteroatoms. The molecular weight excluding hydrogens is 305 g/mol. The molecule has 0 amide bonds. The summed E-state index contributed by atoms with van der Waals surface area (Å²) in [6, 6.07) is 5.10. The van der Waals surface area contributed by atoms with Crippen molar-refractivity contribution < 1.29 is 9.13 Å². The zero-order valence-corrected chi connectivity index (χ0v) is 14.3. The molecule has 4 rings (SSSR count). The topological polar surface area (TPSA) is 28.1 Å². The van der Waals surface area contributed by atoms with Gasteiger partial charge in [-0.3, -0.25) is 5.01 Å². The minimum atomic E-state index is -0.307. The second-order valence-electron chi connectivity index (χ2n) is 6.70. The summed E-state index contributed by atoms with van der Waals surface area (Å²) in [5.41, 5.74) is 2.75. The van der Waals surface area contributed by atoms with Gasteiger partial charge in [0.1, 0.15) is 17.4 Å². The van der Waals surface area contributed by atoms with Crippen molar-refractivity contribution in [2.24, 2.45) is 10.9 Å². The van der Waals surface area contributed by atoms with Gasteiger partial charge in [0.05, 0.1) is 12.8 Å². The summed E-state index contributed by atoms with van der Waals surface area (Å²) in [7, 11) is 1.55. The third kappa shape index (κ3) is 2.53. The zero-order chi connectivity index (χ0) is 16.8. The Morgan fingerprint density at radius 1 is 1.33 bits per heavy atom. The van der Waals surface area contributed by atoms with Gasteiger partial charge < -0.3 is 4.74 Å². The Morgan fingerprint density at radius 3 is 2.83 bits per heavy atom. The number of hydrogen-bond acceptors (Lipinski definition) is 4. The van der Waals surface area contributed by atoms with Gasteiger partial charge in [-0.15, -0.1) is 0 Å². The van der Waals surface area contributed by atoms with E-state index in [9.17, 15) is 4.39 Å². The van der Waals surface area contributed by atoms with Crippen LogP contribution in [0.5, 0.6) is 5.75 Å². The normalized spacial score (nSPS) is 21.8. The lowest BCUT2D eigenvalue weighted by atomic mass is 10.1. The highest BCUT2D eigenvalue weighted by Crippen LogP contribution is 2.39. The molecule has 3 aliphatic rings. The van der Waals surface area contributed by atoms with Crippen LogP contribution in [0, 0.1) is 11.7 Å². The highest BCUT2D eigenvalue weighted by Gasteiger charge is 2.38. The molecule has 1 aromatic rings. The van der Waals surface area contributed by atoms with Gasteiger partial charge in [-0.1, -0.05) is 0 Å². The number of rotatable bonds is 4. The average molecular weight is 327 g/mol. The molecule has 1 aliphatic carbocycles. The van der Waals surface area contributed by atoms with E-state index in [1.54, 1.807) is 13.2 Å². The molecular formula is C19H22FN3O. The summed E-state index contributed by atoms with van der Waals surface area (Å²) in [6.45, 7) is 5.27. The number of aliphatic imine (C=N–C) groups is 1. The van der Waals surface area contributed by atoms with Crippen molar-refractivity contribution in [1.29, 1.82) is 0 Å². The summed E-state index contributed by atoms with van der Waals surface area (Å²) < 4.78 is 18.8. The number of fused-ring (bicyclic) bond motifs is 1. The maximum absolute atomic E-state index is 13.5. The van der Waals surface area contributed by atoms with E-state index in [0.717, 1.165) is 35.3 Å². The van der Waals surface area contributed by atoms with Crippen molar-refractivity contribution in [3.05, 3.63) is 53.2 Å². The lowest BCUT2D eigenvalue weighted by molar-refractivity contribution is 0.0236. The number of allylic oxidation sites excluding steroid dienone is 2. The van der Waals surface area contributed by atoms with Crippen LogP contribution in [0.3, 0.4) is 0 Å². The molecule has 24 heavy (non-hydrogen) atoms. The van der Waals surface area contributed by atoms with Gasteiger partial charge in [-0.05, 0) is 56.9 Å². The van der Waals surface area contributed by atoms with Crippen molar-refractivity contribution >= 4 is 5.71 Å². The van der Waals surface area contributed by atoms with Crippen LogP contribution < -0.4 is 4.74 Å². The first kappa shape index (κ1) is 15.4. The molecule has 126 valence electrons. The molecule has 1 aromatic carbocycles. The van der Waals surface area contributed by atoms with Crippen LogP contribution in [0.1, 0.15) is 32.3 Å². The Labute approximate surface area is 141 Å². The Balaban J connectivity index is 1.66. The van der Waals surface area contributed by atoms with E-state index in [4.69, 9.17) is 9.73 Å². The fourth-order valence-corrected chi connectivity index (χ4v) is 3.55. The van der Waals surface area contributed by atoms with E-state index >= 15 is 0 Å². The maximum Gasteiger partial charge on any atom is 0.145 e. The molecule has 1 atom stereocenters. The smallest absolute Gasteiger partial charge is 0.145 e. The van der Waals surface area contributed by atoms with E-state index in [1.807, 2.05) is 6.08 Å². The van der Waals surface area contributed by atoms with Gasteiger partial charge in [0.25, 0.3) is 0 Å². The highest BCUT2D eigenvalue weighted by atomic mass is 19.1. The number of benzene rings is 1. The minimum absolute atomic E-state index is 0.307. The van der Waals surface area contributed by atoms with Gasteiger partial charge in [-0.25, -0.2) is 14.4 Å². The molecule has 1 fully saturated rings. The standard InChI is InChI=1S/C19H22FN3O/c1-12-10-17(16-7-6-15(20)11-18(16)24-3)21-19-8-9-22(23(12)19)13(2)14-4-5-14/h6-8,10-11,13-14H,4-5,9H2,1-3H3/t13-/m0/s1. The second kappa shape index (κ2) is 5.74. The lowest BCUT2D eigenvalue weighted by Crippen LogP contribution is -2.44. The van der Waals surface area contributed by atoms with Gasteiger partial charge in [0, 0.05) is 29.9 Å². The van der Waals surface area contributed by atoms with Gasteiger partial charge >= 0.3 is 0 Å². The number of hydrogen-bond donors (Lipinski definition) is 0. The predicted octanol–water partition coefficient (Wildman–Crippen LogP) is 3.71. The Hall–Kier alpha value is -2.14. The van der Waals surface area contributed by atoms with Crippen LogP contribution in [0.15, 0.2) is 46.9 Å². The summed E-state index contributed by atoms with van der Waals surface area (Å²) in [5, 5.41) is 4.60. The predicted molar refractivity (Wildman–Crippen MR) is 92.1 cm³/mol. The van der Waals surface area contributed by atoms with E-state index in [0.29, 0.717) is 11.8 Å². The van der Waals surface area contributed by atoms with Crippen LogP contribution in [0.25, 0.3) is 0 Å². The Kier molecular flexibility index (Phi) is 3.68. The lowest BCUT2D eigenvalue weighted by Gasteiger charge is -2.37. The summed E-state index contributed by atoms with van der Waals surface area (Å²) in [5.74, 6) is 1.95. The van der Waals surface area contributed by atoms with Crippen LogP contribution in [0.2, 0.25) is 0 Å². The van der Waals surface area contributed by atoms with Crippen molar-refractivity contribution in [2.75, 3.05) is 13.7 Å². The number of nitrogens with zero attached hydrogens (tertiary/aromatic N) is 3. The molecule has 0 unspecified atom stereocenters. The molecule has 2 heterocycles. The quantitative estimate of drug-likeness (QED) is 0.844. The minimum Gasteiger partial charge on any atom is -0.496 e. The van der Waals surface area contributed by atoms with Gasteiger partial charge in [0.15, 0.2) is 0 Å². The second-order valence-corrected chi connectivity index (χ2v) is 6.70. The van der Waals surface area contributed by atoms with E-state index in [2.05, 4.69) is 29.9 Å². The summed E-state index contributed by atoms with van der Waals surface area (Å²) >= 11 is 0. The first-order valence-electron chi connectivity index (χ1n) is 8.46. The van der Waals surface area contributed by atoms with Crippen molar-refractivity contribution in [1.82, 2.24) is 10.0 Å². The Morgan fingerprint density at radius 2 is 2.12 bits per heavy atom. The summed E-state index contributed by atoms with van der Waals surface area (Å²) in [4.78, 5) is 4.80. The van der Waals surface area contributed by atoms with E-state index < -0.39 is 0 Å². The molecule has 4 nitrogen and oxygen atoms in total. The molecule has 0 saturated heterocycles. The monoisotopic (exact) mass is 327 g/mol.